The van der Waals surface area contributed by atoms with Crippen molar-refractivity contribution in [3.05, 3.63) is 0 Å². The normalized spacial score (nSPS) is 14.9. The van der Waals surface area contributed by atoms with Crippen LogP contribution in [0.25, 0.3) is 0 Å². The van der Waals surface area contributed by atoms with Crippen molar-refractivity contribution >= 4 is 14.0 Å². The summed E-state index contributed by atoms with van der Waals surface area (Å²) in [5.41, 5.74) is -0.00373. The summed E-state index contributed by atoms with van der Waals surface area (Å²) in [5, 5.41) is 0. The van der Waals surface area contributed by atoms with Crippen LogP contribution in [-0.2, 0) is 9.53 Å². The molecule has 0 aliphatic heterocycles. The lowest BCUT2D eigenvalue weighted by Crippen LogP contribution is -2.29. The van der Waals surface area contributed by atoms with Gasteiger partial charge >= 0.3 is 5.97 Å². The fourth-order valence-electron chi connectivity index (χ4n) is 0.936. The number of hydrogen-bond acceptors (Lipinski definition) is 2. The Hall–Kier alpha value is -0.313. The van der Waals surface area contributed by atoms with Crippen LogP contribution < -0.4 is 0 Å². The maximum atomic E-state index is 11.7. The average molecular weight is 230 g/mol. The smallest absolute Gasteiger partial charge is 0.309 e. The largest absolute Gasteiger partial charge is 0.466 e. The second-order valence-corrected chi connectivity index (χ2v) is 12.2. The summed E-state index contributed by atoms with van der Waals surface area (Å²) < 4.78 is 5.30. The quantitative estimate of drug-likeness (QED) is 0.545. The lowest BCUT2D eigenvalue weighted by molar-refractivity contribution is -0.150. The standard InChI is InChI=1S/C12H26O2Si/c1-10(12(2,3)4)11(13)14-8-9-15(5,6)7/h10H,8-9H2,1-7H3. The zero-order valence-corrected chi connectivity index (χ0v) is 12.3. The van der Waals surface area contributed by atoms with Crippen molar-refractivity contribution in [1.82, 2.24) is 0 Å². The highest BCUT2D eigenvalue weighted by molar-refractivity contribution is 6.76. The molecule has 90 valence electrons. The Bertz CT molecular complexity index is 211. The SMILES string of the molecule is CC(C(=O)OCC[Si](C)(C)C)C(C)(C)C. The van der Waals surface area contributed by atoms with E-state index in [9.17, 15) is 4.79 Å². The van der Waals surface area contributed by atoms with E-state index in [1.807, 2.05) is 6.92 Å². The molecular formula is C12H26O2Si. The van der Waals surface area contributed by atoms with Crippen LogP contribution in [0.2, 0.25) is 25.7 Å². The first-order chi connectivity index (χ1) is 6.54. The van der Waals surface area contributed by atoms with Gasteiger partial charge in [0.1, 0.15) is 0 Å². The van der Waals surface area contributed by atoms with Gasteiger partial charge in [0.05, 0.1) is 12.5 Å². The molecule has 0 aromatic rings. The number of esters is 1. The Balaban J connectivity index is 3.96. The fraction of sp³-hybridized carbons (Fsp3) is 0.917. The Morgan fingerprint density at radius 2 is 1.73 bits per heavy atom. The van der Waals surface area contributed by atoms with Crippen LogP contribution in [-0.4, -0.2) is 20.7 Å². The number of ether oxygens (including phenoxy) is 1. The van der Waals surface area contributed by atoms with E-state index in [-0.39, 0.29) is 17.3 Å². The predicted molar refractivity (Wildman–Crippen MR) is 67.7 cm³/mol. The molecule has 0 N–H and O–H groups in total. The van der Waals surface area contributed by atoms with Gasteiger partial charge in [-0.25, -0.2) is 0 Å². The van der Waals surface area contributed by atoms with Gasteiger partial charge in [0.2, 0.25) is 0 Å². The van der Waals surface area contributed by atoms with Crippen LogP contribution in [0.15, 0.2) is 0 Å². The molecule has 2 nitrogen and oxygen atoms in total. The maximum Gasteiger partial charge on any atom is 0.309 e. The summed E-state index contributed by atoms with van der Waals surface area (Å²) in [6.07, 6.45) is 0. The van der Waals surface area contributed by atoms with E-state index in [0.29, 0.717) is 6.61 Å². The molecule has 0 aromatic heterocycles. The summed E-state index contributed by atoms with van der Waals surface area (Å²) in [5.74, 6) is -0.0834. The van der Waals surface area contributed by atoms with Gasteiger partial charge in [-0.1, -0.05) is 47.3 Å². The van der Waals surface area contributed by atoms with Gasteiger partial charge < -0.3 is 4.74 Å². The monoisotopic (exact) mass is 230 g/mol. The van der Waals surface area contributed by atoms with Crippen LogP contribution in [0.1, 0.15) is 27.7 Å². The Morgan fingerprint density at radius 3 is 2.07 bits per heavy atom. The van der Waals surface area contributed by atoms with E-state index < -0.39 is 8.07 Å². The first-order valence-electron chi connectivity index (χ1n) is 5.71. The second kappa shape index (κ2) is 5.15. The van der Waals surface area contributed by atoms with Crippen LogP contribution in [0.5, 0.6) is 0 Å². The first-order valence-corrected chi connectivity index (χ1v) is 9.41. The maximum absolute atomic E-state index is 11.7. The molecule has 1 unspecified atom stereocenters. The molecule has 0 heterocycles. The molecule has 0 fully saturated rings. The second-order valence-electron chi connectivity index (χ2n) is 6.57. The molecule has 3 heteroatoms. The number of carbonyl (C=O) groups is 1. The van der Waals surface area contributed by atoms with Gasteiger partial charge in [-0.3, -0.25) is 4.79 Å². The van der Waals surface area contributed by atoms with E-state index in [2.05, 4.69) is 40.4 Å². The van der Waals surface area contributed by atoms with Gasteiger partial charge in [0.25, 0.3) is 0 Å². The highest BCUT2D eigenvalue weighted by Crippen LogP contribution is 2.26. The third-order valence-corrected chi connectivity index (χ3v) is 4.45. The van der Waals surface area contributed by atoms with E-state index in [0.717, 1.165) is 6.04 Å². The summed E-state index contributed by atoms with van der Waals surface area (Å²) >= 11 is 0. The van der Waals surface area contributed by atoms with Crippen LogP contribution in [0, 0.1) is 11.3 Å². The lowest BCUT2D eigenvalue weighted by Gasteiger charge is -2.25. The zero-order valence-electron chi connectivity index (χ0n) is 11.3. The van der Waals surface area contributed by atoms with E-state index >= 15 is 0 Å². The molecule has 0 amide bonds. The van der Waals surface area contributed by atoms with Crippen LogP contribution in [0.3, 0.4) is 0 Å². The molecular weight excluding hydrogens is 204 g/mol. The van der Waals surface area contributed by atoms with Crippen molar-refractivity contribution in [3.8, 4) is 0 Å². The Morgan fingerprint density at radius 1 is 1.27 bits per heavy atom. The minimum absolute atomic E-state index is 0.00373. The minimum Gasteiger partial charge on any atom is -0.466 e. The minimum atomic E-state index is -1.08. The highest BCUT2D eigenvalue weighted by atomic mass is 28.3. The van der Waals surface area contributed by atoms with E-state index in [1.165, 1.54) is 0 Å². The van der Waals surface area contributed by atoms with Gasteiger partial charge in [-0.15, -0.1) is 0 Å². The average Bonchev–Trinajstić information content (AvgIpc) is 1.98. The number of rotatable bonds is 4. The molecule has 0 rings (SSSR count). The van der Waals surface area contributed by atoms with Crippen molar-refractivity contribution in [2.45, 2.75) is 53.4 Å². The molecule has 0 saturated carbocycles. The van der Waals surface area contributed by atoms with Gasteiger partial charge in [0.15, 0.2) is 0 Å². The molecule has 0 bridgehead atoms. The van der Waals surface area contributed by atoms with E-state index in [4.69, 9.17) is 4.74 Å². The highest BCUT2D eigenvalue weighted by Gasteiger charge is 2.28. The van der Waals surface area contributed by atoms with Crippen LogP contribution in [0.4, 0.5) is 0 Å². The number of hydrogen-bond donors (Lipinski definition) is 0. The topological polar surface area (TPSA) is 26.3 Å². The summed E-state index contributed by atoms with van der Waals surface area (Å²) in [6, 6.07) is 1.05. The van der Waals surface area contributed by atoms with Crippen molar-refractivity contribution in [2.24, 2.45) is 11.3 Å². The molecule has 0 spiro atoms. The van der Waals surface area contributed by atoms with E-state index in [1.54, 1.807) is 0 Å². The van der Waals surface area contributed by atoms with Crippen molar-refractivity contribution in [2.75, 3.05) is 6.61 Å². The lowest BCUT2D eigenvalue weighted by atomic mass is 9.82. The Kier molecular flexibility index (Phi) is 5.04. The molecule has 1 atom stereocenters. The fourth-order valence-corrected chi connectivity index (χ4v) is 1.65. The van der Waals surface area contributed by atoms with Gasteiger partial charge in [0, 0.05) is 8.07 Å². The molecule has 15 heavy (non-hydrogen) atoms. The van der Waals surface area contributed by atoms with Crippen molar-refractivity contribution in [1.29, 1.82) is 0 Å². The molecule has 0 aliphatic carbocycles. The zero-order chi connectivity index (χ0) is 12.3. The molecule has 0 aliphatic rings. The summed E-state index contributed by atoms with van der Waals surface area (Å²) in [7, 11) is -1.08. The van der Waals surface area contributed by atoms with Gasteiger partial charge in [-0.2, -0.15) is 0 Å². The van der Waals surface area contributed by atoms with Crippen LogP contribution >= 0.6 is 0 Å². The van der Waals surface area contributed by atoms with Gasteiger partial charge in [-0.05, 0) is 11.5 Å². The molecule has 0 radical (unpaired) electrons. The van der Waals surface area contributed by atoms with Crippen molar-refractivity contribution < 1.29 is 9.53 Å². The summed E-state index contributed by atoms with van der Waals surface area (Å²) in [4.78, 5) is 11.7. The van der Waals surface area contributed by atoms with Crippen molar-refractivity contribution in [3.63, 3.8) is 0 Å². The number of carbonyl (C=O) groups excluding carboxylic acids is 1. The molecule has 0 aromatic carbocycles. The third kappa shape index (κ3) is 6.71. The Labute approximate surface area is 95.4 Å². The molecule has 0 saturated heterocycles. The first kappa shape index (κ1) is 14.7. The predicted octanol–water partition coefficient (Wildman–Crippen LogP) is 3.55. The third-order valence-electron chi connectivity index (χ3n) is 2.75. The summed E-state index contributed by atoms with van der Waals surface area (Å²) in [6.45, 7) is 15.6.